The minimum atomic E-state index is -0.802. The van der Waals surface area contributed by atoms with Crippen molar-refractivity contribution < 1.29 is 28.6 Å². The molecule has 0 aromatic carbocycles. The molecule has 2 amide bonds. The molecule has 0 radical (unpaired) electrons. The fourth-order valence-corrected chi connectivity index (χ4v) is 5.55. The lowest BCUT2D eigenvalue weighted by atomic mass is 9.50. The minimum absolute atomic E-state index is 0.156. The summed E-state index contributed by atoms with van der Waals surface area (Å²) < 4.78 is 18.2. The SMILES string of the molecule is CCC(C)(C)C(=O)OC12CC3CC(OC(=O)N(C)C)(CC(OC(=O)N(C)C)(C3)C1)C2. The van der Waals surface area contributed by atoms with Crippen molar-refractivity contribution in [2.45, 2.75) is 82.5 Å². The Labute approximate surface area is 179 Å². The summed E-state index contributed by atoms with van der Waals surface area (Å²) >= 11 is 0. The zero-order valence-corrected chi connectivity index (χ0v) is 19.4. The van der Waals surface area contributed by atoms with Crippen LogP contribution in [0.4, 0.5) is 9.59 Å². The van der Waals surface area contributed by atoms with Gasteiger partial charge in [0, 0.05) is 47.5 Å². The maximum absolute atomic E-state index is 13.0. The Hall–Kier alpha value is -1.99. The molecule has 0 aromatic heterocycles. The third-order valence-electron chi connectivity index (χ3n) is 7.00. The monoisotopic (exact) mass is 424 g/mol. The Kier molecular flexibility index (Phi) is 5.53. The van der Waals surface area contributed by atoms with E-state index < -0.39 is 34.4 Å². The number of hydrogen-bond acceptors (Lipinski definition) is 6. The standard InChI is InChI=1S/C22H36N2O6/c1-8-19(2,3)16(25)28-20-9-15-10-21(12-20,29-17(26)23(4)5)14-22(11-15,13-20)30-18(27)24(6)7/h15H,8-14H2,1-7H3. The van der Waals surface area contributed by atoms with Gasteiger partial charge in [-0.15, -0.1) is 0 Å². The predicted octanol–water partition coefficient (Wildman–Crippen LogP) is 3.58. The first-order valence-corrected chi connectivity index (χ1v) is 10.8. The van der Waals surface area contributed by atoms with Crippen molar-refractivity contribution in [3.8, 4) is 0 Å². The maximum Gasteiger partial charge on any atom is 0.409 e. The molecule has 0 spiro atoms. The molecule has 4 aliphatic carbocycles. The molecule has 0 heterocycles. The molecule has 8 heteroatoms. The quantitative estimate of drug-likeness (QED) is 0.495. The number of esters is 1. The molecule has 4 rings (SSSR count). The zero-order chi connectivity index (χ0) is 22.5. The second-order valence-electron chi connectivity index (χ2n) is 10.7. The average molecular weight is 425 g/mol. The van der Waals surface area contributed by atoms with Gasteiger partial charge in [-0.2, -0.15) is 0 Å². The van der Waals surface area contributed by atoms with Crippen LogP contribution >= 0.6 is 0 Å². The number of amides is 2. The molecule has 8 nitrogen and oxygen atoms in total. The van der Waals surface area contributed by atoms with E-state index in [0.717, 1.165) is 0 Å². The van der Waals surface area contributed by atoms with E-state index in [2.05, 4.69) is 0 Å². The van der Waals surface area contributed by atoms with E-state index in [-0.39, 0.29) is 11.9 Å². The second-order valence-corrected chi connectivity index (χ2v) is 10.7. The van der Waals surface area contributed by atoms with E-state index in [0.29, 0.717) is 44.9 Å². The first kappa shape index (κ1) is 22.7. The highest BCUT2D eigenvalue weighted by Gasteiger charge is 2.68. The van der Waals surface area contributed by atoms with E-state index in [9.17, 15) is 14.4 Å². The molecular weight excluding hydrogens is 388 g/mol. The summed E-state index contributed by atoms with van der Waals surface area (Å²) in [6.45, 7) is 5.71. The van der Waals surface area contributed by atoms with Gasteiger partial charge in [-0.3, -0.25) is 4.79 Å². The number of ether oxygens (including phenoxy) is 3. The van der Waals surface area contributed by atoms with Crippen molar-refractivity contribution in [3.05, 3.63) is 0 Å². The molecule has 2 atom stereocenters. The van der Waals surface area contributed by atoms with Gasteiger partial charge in [-0.25, -0.2) is 9.59 Å². The summed E-state index contributed by atoms with van der Waals surface area (Å²) in [5.41, 5.74) is -3.00. The number of carbonyl (C=O) groups excluding carboxylic acids is 3. The maximum atomic E-state index is 13.0. The van der Waals surface area contributed by atoms with Crippen molar-refractivity contribution in [1.29, 1.82) is 0 Å². The van der Waals surface area contributed by atoms with Crippen LogP contribution in [0.2, 0.25) is 0 Å². The van der Waals surface area contributed by atoms with Crippen LogP contribution in [0, 0.1) is 11.3 Å². The Bertz CT molecular complexity index is 693. The molecular formula is C22H36N2O6. The molecule has 170 valence electrons. The van der Waals surface area contributed by atoms with Crippen LogP contribution < -0.4 is 0 Å². The van der Waals surface area contributed by atoms with Gasteiger partial charge in [0.15, 0.2) is 0 Å². The normalized spacial score (nSPS) is 34.3. The molecule has 0 saturated heterocycles. The van der Waals surface area contributed by atoms with Gasteiger partial charge in [0.1, 0.15) is 16.8 Å². The van der Waals surface area contributed by atoms with Gasteiger partial charge < -0.3 is 24.0 Å². The first-order chi connectivity index (χ1) is 13.7. The van der Waals surface area contributed by atoms with Crippen LogP contribution in [0.25, 0.3) is 0 Å². The lowest BCUT2D eigenvalue weighted by Crippen LogP contribution is -2.69. The Morgan fingerprint density at radius 3 is 1.50 bits per heavy atom. The lowest BCUT2D eigenvalue weighted by Gasteiger charge is -2.63. The first-order valence-electron chi connectivity index (χ1n) is 10.8. The van der Waals surface area contributed by atoms with E-state index in [4.69, 9.17) is 14.2 Å². The third-order valence-corrected chi connectivity index (χ3v) is 7.00. The Morgan fingerprint density at radius 1 is 0.800 bits per heavy atom. The lowest BCUT2D eigenvalue weighted by molar-refractivity contribution is -0.264. The Balaban J connectivity index is 1.95. The topological polar surface area (TPSA) is 85.4 Å². The number of nitrogens with zero attached hydrogens (tertiary/aromatic N) is 2. The summed E-state index contributed by atoms with van der Waals surface area (Å²) in [4.78, 5) is 40.7. The highest BCUT2D eigenvalue weighted by atomic mass is 16.6. The molecule has 0 N–H and O–H groups in total. The van der Waals surface area contributed by atoms with Crippen LogP contribution in [0.1, 0.15) is 65.7 Å². The van der Waals surface area contributed by atoms with E-state index in [1.807, 2.05) is 20.8 Å². The van der Waals surface area contributed by atoms with Crippen molar-refractivity contribution in [2.24, 2.45) is 11.3 Å². The van der Waals surface area contributed by atoms with Crippen molar-refractivity contribution in [1.82, 2.24) is 9.80 Å². The van der Waals surface area contributed by atoms with Crippen molar-refractivity contribution >= 4 is 18.2 Å². The molecule has 4 saturated carbocycles. The van der Waals surface area contributed by atoms with Gasteiger partial charge >= 0.3 is 18.2 Å². The second kappa shape index (κ2) is 7.31. The van der Waals surface area contributed by atoms with Crippen LogP contribution in [-0.4, -0.2) is 72.9 Å². The van der Waals surface area contributed by atoms with Crippen molar-refractivity contribution in [3.63, 3.8) is 0 Å². The number of hydrogen-bond donors (Lipinski definition) is 0. The van der Waals surface area contributed by atoms with Gasteiger partial charge in [-0.1, -0.05) is 6.92 Å². The van der Waals surface area contributed by atoms with Crippen LogP contribution in [0.3, 0.4) is 0 Å². The van der Waals surface area contributed by atoms with Gasteiger partial charge in [-0.05, 0) is 45.4 Å². The molecule has 0 aliphatic heterocycles. The number of carbonyl (C=O) groups is 3. The highest BCUT2D eigenvalue weighted by Crippen LogP contribution is 2.63. The van der Waals surface area contributed by atoms with Gasteiger partial charge in [0.25, 0.3) is 0 Å². The molecule has 4 bridgehead atoms. The molecule has 2 unspecified atom stereocenters. The summed E-state index contributed by atoms with van der Waals surface area (Å²) in [6, 6.07) is 0. The number of rotatable bonds is 5. The summed E-state index contributed by atoms with van der Waals surface area (Å²) in [5.74, 6) is -0.0983. The zero-order valence-electron chi connectivity index (χ0n) is 19.4. The van der Waals surface area contributed by atoms with Gasteiger partial charge in [0.05, 0.1) is 5.41 Å². The average Bonchev–Trinajstić information content (AvgIpc) is 2.58. The molecule has 30 heavy (non-hydrogen) atoms. The molecule has 4 fully saturated rings. The van der Waals surface area contributed by atoms with Crippen LogP contribution in [0.5, 0.6) is 0 Å². The third kappa shape index (κ3) is 4.10. The van der Waals surface area contributed by atoms with Gasteiger partial charge in [0.2, 0.25) is 0 Å². The molecule has 4 aliphatic rings. The van der Waals surface area contributed by atoms with E-state index >= 15 is 0 Å². The molecule has 0 aromatic rings. The summed E-state index contributed by atoms with van der Waals surface area (Å²) in [6.07, 6.45) is 3.24. The predicted molar refractivity (Wildman–Crippen MR) is 110 cm³/mol. The van der Waals surface area contributed by atoms with E-state index in [1.54, 1.807) is 28.2 Å². The van der Waals surface area contributed by atoms with Crippen LogP contribution in [-0.2, 0) is 19.0 Å². The summed E-state index contributed by atoms with van der Waals surface area (Å²) in [7, 11) is 6.57. The fourth-order valence-electron chi connectivity index (χ4n) is 5.55. The Morgan fingerprint density at radius 2 is 1.17 bits per heavy atom. The smallest absolute Gasteiger partial charge is 0.409 e. The van der Waals surface area contributed by atoms with E-state index in [1.165, 1.54) is 9.80 Å². The minimum Gasteiger partial charge on any atom is -0.458 e. The summed E-state index contributed by atoms with van der Waals surface area (Å²) in [5, 5.41) is 0. The fraction of sp³-hybridized carbons (Fsp3) is 0.864. The highest BCUT2D eigenvalue weighted by molar-refractivity contribution is 5.76. The largest absolute Gasteiger partial charge is 0.458 e. The van der Waals surface area contributed by atoms with Crippen molar-refractivity contribution in [2.75, 3.05) is 28.2 Å². The van der Waals surface area contributed by atoms with Crippen LogP contribution in [0.15, 0.2) is 0 Å².